The summed E-state index contributed by atoms with van der Waals surface area (Å²) in [4.78, 5) is 26.4. The van der Waals surface area contributed by atoms with Gasteiger partial charge in [0, 0.05) is 28.5 Å². The van der Waals surface area contributed by atoms with Gasteiger partial charge in [0.05, 0.1) is 23.0 Å². The van der Waals surface area contributed by atoms with Gasteiger partial charge in [0.1, 0.15) is 0 Å². The van der Waals surface area contributed by atoms with E-state index in [1.807, 2.05) is 44.2 Å². The molecule has 2 heterocycles. The normalized spacial score (nSPS) is 11.6. The van der Waals surface area contributed by atoms with Gasteiger partial charge in [-0.05, 0) is 96.6 Å². The molecule has 3 aromatic carbocycles. The highest BCUT2D eigenvalue weighted by Gasteiger charge is 2.31. The Morgan fingerprint density at radius 3 is 2.37 bits per heavy atom. The molecule has 5 aromatic rings. The summed E-state index contributed by atoms with van der Waals surface area (Å²) < 4.78 is 39.4. The summed E-state index contributed by atoms with van der Waals surface area (Å²) in [6.07, 6.45) is -1.02. The predicted octanol–water partition coefficient (Wildman–Crippen LogP) is 8.45. The molecule has 0 atom stereocenters. The van der Waals surface area contributed by atoms with Crippen LogP contribution in [0.5, 0.6) is 0 Å². The second kappa shape index (κ2) is 11.0. The molecule has 0 radical (unpaired) electrons. The van der Waals surface area contributed by atoms with E-state index in [0.29, 0.717) is 11.6 Å². The summed E-state index contributed by atoms with van der Waals surface area (Å²) >= 11 is 0. The first-order valence-corrected chi connectivity index (χ1v) is 13.1. The van der Waals surface area contributed by atoms with Crippen molar-refractivity contribution >= 4 is 34.1 Å². The van der Waals surface area contributed by atoms with Crippen LogP contribution in [0.1, 0.15) is 52.5 Å². The number of hydrogen-bond acceptors (Lipinski definition) is 5. The zero-order valence-electron chi connectivity index (χ0n) is 23.0. The molecule has 0 bridgehead atoms. The maximum Gasteiger partial charge on any atom is 0.416 e. The van der Waals surface area contributed by atoms with Crippen LogP contribution in [0.2, 0.25) is 0 Å². The van der Waals surface area contributed by atoms with E-state index in [-0.39, 0.29) is 11.5 Å². The molecule has 0 spiro atoms. The summed E-state index contributed by atoms with van der Waals surface area (Å²) in [6, 6.07) is 17.7. The molecule has 0 saturated carbocycles. The Kier molecular flexibility index (Phi) is 7.45. The molecule has 0 aliphatic carbocycles. The number of alkyl halides is 3. The number of pyridine rings is 1. The smallest absolute Gasteiger partial charge is 0.323 e. The molecule has 5 rings (SSSR count). The standard InChI is InChI=1S/C32H28F3N5O/c1-18(2)27-14-22(12-23-16-37-31(40-29(23)27)39-26-11-9-20(4)36-17-26)28-15-25(10-8-19(28)3)38-30(41)21-6-5-7-24(13-21)32(33,34)35/h5-18H,1-4H3,(H,38,41)(H,37,39,40). The van der Waals surface area contributed by atoms with E-state index in [2.05, 4.69) is 40.5 Å². The molecule has 0 fully saturated rings. The third-order valence-corrected chi connectivity index (χ3v) is 6.76. The van der Waals surface area contributed by atoms with Crippen molar-refractivity contribution in [2.45, 2.75) is 39.8 Å². The minimum atomic E-state index is -4.53. The SMILES string of the molecule is Cc1ccc(Nc2ncc3cc(-c4cc(NC(=O)c5cccc(C(F)(F)F)c5)ccc4C)cc(C(C)C)c3n2)cn1. The zero-order valence-corrected chi connectivity index (χ0v) is 23.0. The van der Waals surface area contributed by atoms with Crippen molar-refractivity contribution in [3.8, 4) is 11.1 Å². The topological polar surface area (TPSA) is 79.8 Å². The lowest BCUT2D eigenvalue weighted by Crippen LogP contribution is -2.14. The number of carbonyl (C=O) groups is 1. The fourth-order valence-electron chi connectivity index (χ4n) is 4.55. The van der Waals surface area contributed by atoms with Crippen LogP contribution in [0.15, 0.2) is 79.1 Å². The number of halogens is 3. The molecule has 0 aliphatic rings. The minimum Gasteiger partial charge on any atom is -0.323 e. The highest BCUT2D eigenvalue weighted by atomic mass is 19.4. The molecule has 208 valence electrons. The van der Waals surface area contributed by atoms with Crippen molar-refractivity contribution in [3.63, 3.8) is 0 Å². The molecule has 6 nitrogen and oxygen atoms in total. The number of carbonyl (C=O) groups excluding carboxylic acids is 1. The first-order valence-electron chi connectivity index (χ1n) is 13.1. The molecule has 0 aliphatic heterocycles. The maximum atomic E-state index is 13.1. The van der Waals surface area contributed by atoms with Gasteiger partial charge in [-0.1, -0.05) is 26.0 Å². The first-order chi connectivity index (χ1) is 19.5. The highest BCUT2D eigenvalue weighted by molar-refractivity contribution is 6.04. The number of benzene rings is 3. The molecule has 1 amide bonds. The predicted molar refractivity (Wildman–Crippen MR) is 155 cm³/mol. The zero-order chi connectivity index (χ0) is 29.3. The average molecular weight is 556 g/mol. The van der Waals surface area contributed by atoms with E-state index in [1.54, 1.807) is 18.5 Å². The van der Waals surface area contributed by atoms with Crippen molar-refractivity contribution in [2.24, 2.45) is 0 Å². The maximum absolute atomic E-state index is 13.1. The summed E-state index contributed by atoms with van der Waals surface area (Å²) in [6.45, 7) is 8.07. The second-order valence-corrected chi connectivity index (χ2v) is 10.2. The van der Waals surface area contributed by atoms with E-state index in [4.69, 9.17) is 4.98 Å². The number of amides is 1. The number of aromatic nitrogens is 3. The van der Waals surface area contributed by atoms with Crippen molar-refractivity contribution in [2.75, 3.05) is 10.6 Å². The highest BCUT2D eigenvalue weighted by Crippen LogP contribution is 2.34. The van der Waals surface area contributed by atoms with Crippen LogP contribution in [-0.4, -0.2) is 20.9 Å². The molecular weight excluding hydrogens is 527 g/mol. The molecule has 0 unspecified atom stereocenters. The van der Waals surface area contributed by atoms with Crippen molar-refractivity contribution in [3.05, 3.63) is 107 Å². The van der Waals surface area contributed by atoms with Gasteiger partial charge in [-0.3, -0.25) is 9.78 Å². The molecule has 0 saturated heterocycles. The van der Waals surface area contributed by atoms with Crippen LogP contribution >= 0.6 is 0 Å². The van der Waals surface area contributed by atoms with Crippen LogP contribution in [0.25, 0.3) is 22.0 Å². The molecule has 2 aromatic heterocycles. The first kappa shape index (κ1) is 27.8. The third kappa shape index (κ3) is 6.19. The monoisotopic (exact) mass is 555 g/mol. The summed E-state index contributed by atoms with van der Waals surface area (Å²) in [7, 11) is 0. The summed E-state index contributed by atoms with van der Waals surface area (Å²) in [5.41, 5.74) is 5.86. The Balaban J connectivity index is 1.47. The number of hydrogen-bond donors (Lipinski definition) is 2. The van der Waals surface area contributed by atoms with Crippen LogP contribution in [0, 0.1) is 13.8 Å². The number of rotatable bonds is 6. The van der Waals surface area contributed by atoms with Gasteiger partial charge in [0.2, 0.25) is 5.95 Å². The van der Waals surface area contributed by atoms with Gasteiger partial charge in [0.25, 0.3) is 5.91 Å². The quantitative estimate of drug-likeness (QED) is 0.220. The summed E-state index contributed by atoms with van der Waals surface area (Å²) in [5, 5.41) is 6.80. The number of nitrogens with one attached hydrogen (secondary N) is 2. The molecule has 2 N–H and O–H groups in total. The lowest BCUT2D eigenvalue weighted by Gasteiger charge is -2.16. The van der Waals surface area contributed by atoms with Crippen LogP contribution in [0.4, 0.5) is 30.5 Å². The van der Waals surface area contributed by atoms with Crippen LogP contribution in [-0.2, 0) is 6.18 Å². The van der Waals surface area contributed by atoms with Gasteiger partial charge >= 0.3 is 6.18 Å². The van der Waals surface area contributed by atoms with E-state index in [1.165, 1.54) is 12.1 Å². The number of nitrogens with zero attached hydrogens (tertiary/aromatic N) is 3. The van der Waals surface area contributed by atoms with Crippen molar-refractivity contribution < 1.29 is 18.0 Å². The number of aryl methyl sites for hydroxylation is 2. The lowest BCUT2D eigenvalue weighted by molar-refractivity contribution is -0.137. The van der Waals surface area contributed by atoms with Gasteiger partial charge in [0.15, 0.2) is 0 Å². The van der Waals surface area contributed by atoms with E-state index < -0.39 is 17.6 Å². The van der Waals surface area contributed by atoms with Crippen molar-refractivity contribution in [1.29, 1.82) is 0 Å². The third-order valence-electron chi connectivity index (χ3n) is 6.76. The minimum absolute atomic E-state index is 0.0715. The van der Waals surface area contributed by atoms with Crippen molar-refractivity contribution in [1.82, 2.24) is 15.0 Å². The Hall–Kier alpha value is -4.79. The Labute approximate surface area is 235 Å². The van der Waals surface area contributed by atoms with E-state index in [0.717, 1.165) is 56.7 Å². The van der Waals surface area contributed by atoms with Crippen LogP contribution < -0.4 is 10.6 Å². The molecule has 9 heteroatoms. The number of anilines is 3. The Morgan fingerprint density at radius 1 is 0.878 bits per heavy atom. The largest absolute Gasteiger partial charge is 0.416 e. The van der Waals surface area contributed by atoms with Gasteiger partial charge in [-0.2, -0.15) is 13.2 Å². The van der Waals surface area contributed by atoms with Gasteiger partial charge in [-0.15, -0.1) is 0 Å². The summed E-state index contributed by atoms with van der Waals surface area (Å²) in [5.74, 6) is 0.00289. The second-order valence-electron chi connectivity index (χ2n) is 10.2. The van der Waals surface area contributed by atoms with Gasteiger partial charge < -0.3 is 10.6 Å². The Bertz CT molecular complexity index is 1750. The molecular formula is C32H28F3N5O. The lowest BCUT2D eigenvalue weighted by atomic mass is 9.92. The number of fused-ring (bicyclic) bond motifs is 1. The average Bonchev–Trinajstić information content (AvgIpc) is 2.94. The van der Waals surface area contributed by atoms with E-state index in [9.17, 15) is 18.0 Å². The fourth-order valence-corrected chi connectivity index (χ4v) is 4.55. The Morgan fingerprint density at radius 2 is 1.66 bits per heavy atom. The fraction of sp³-hybridized carbons (Fsp3) is 0.188. The van der Waals surface area contributed by atoms with Gasteiger partial charge in [-0.25, -0.2) is 9.97 Å². The van der Waals surface area contributed by atoms with E-state index >= 15 is 0 Å². The molecule has 41 heavy (non-hydrogen) atoms. The van der Waals surface area contributed by atoms with Crippen LogP contribution in [0.3, 0.4) is 0 Å².